The number of hydrogen-bond acceptors (Lipinski definition) is 4. The SMILES string of the molecule is O=C(Nc1ccc(C(=O)NC2CCCC2)cc1)C(=Cc1ccco1)NC(=O)c1ccccc1. The van der Waals surface area contributed by atoms with Crippen LogP contribution < -0.4 is 16.0 Å². The maximum atomic E-state index is 12.9. The molecule has 0 aliphatic heterocycles. The van der Waals surface area contributed by atoms with Gasteiger partial charge >= 0.3 is 0 Å². The summed E-state index contributed by atoms with van der Waals surface area (Å²) in [7, 11) is 0. The Morgan fingerprint density at radius 3 is 2.18 bits per heavy atom. The van der Waals surface area contributed by atoms with E-state index in [1.165, 1.54) is 12.3 Å². The molecule has 1 fully saturated rings. The molecule has 1 heterocycles. The van der Waals surface area contributed by atoms with Gasteiger partial charge in [0, 0.05) is 28.9 Å². The highest BCUT2D eigenvalue weighted by atomic mass is 16.3. The van der Waals surface area contributed by atoms with E-state index in [2.05, 4.69) is 16.0 Å². The third-order valence-corrected chi connectivity index (χ3v) is 5.45. The lowest BCUT2D eigenvalue weighted by molar-refractivity contribution is -0.113. The van der Waals surface area contributed by atoms with Gasteiger partial charge in [0.15, 0.2) is 0 Å². The van der Waals surface area contributed by atoms with Crippen molar-refractivity contribution in [2.24, 2.45) is 0 Å². The van der Waals surface area contributed by atoms with Crippen LogP contribution in [-0.2, 0) is 4.79 Å². The molecule has 0 spiro atoms. The first kappa shape index (κ1) is 22.1. The monoisotopic (exact) mass is 443 g/mol. The minimum absolute atomic E-state index is 0.0295. The Morgan fingerprint density at radius 1 is 0.818 bits per heavy atom. The van der Waals surface area contributed by atoms with Crippen molar-refractivity contribution in [1.29, 1.82) is 0 Å². The molecule has 1 aliphatic rings. The van der Waals surface area contributed by atoms with E-state index in [9.17, 15) is 14.4 Å². The lowest BCUT2D eigenvalue weighted by Gasteiger charge is -2.13. The zero-order valence-corrected chi connectivity index (χ0v) is 18.0. The fraction of sp³-hybridized carbons (Fsp3) is 0.192. The number of rotatable bonds is 7. The lowest BCUT2D eigenvalue weighted by atomic mass is 10.1. The Kier molecular flexibility index (Phi) is 6.99. The van der Waals surface area contributed by atoms with Crippen LogP contribution in [0.25, 0.3) is 6.08 Å². The molecule has 0 unspecified atom stereocenters. The van der Waals surface area contributed by atoms with Crippen LogP contribution in [0.1, 0.15) is 52.2 Å². The molecule has 2 aromatic carbocycles. The van der Waals surface area contributed by atoms with E-state index in [1.807, 2.05) is 0 Å². The highest BCUT2D eigenvalue weighted by Gasteiger charge is 2.19. The third kappa shape index (κ3) is 5.98. The fourth-order valence-electron chi connectivity index (χ4n) is 3.70. The van der Waals surface area contributed by atoms with Crippen LogP contribution in [0.15, 0.2) is 83.1 Å². The molecule has 0 atom stereocenters. The van der Waals surface area contributed by atoms with Gasteiger partial charge in [0.1, 0.15) is 11.5 Å². The number of furan rings is 1. The molecule has 33 heavy (non-hydrogen) atoms. The number of carbonyl (C=O) groups is 3. The Morgan fingerprint density at radius 2 is 1.52 bits per heavy atom. The van der Waals surface area contributed by atoms with Crippen molar-refractivity contribution in [1.82, 2.24) is 10.6 Å². The lowest BCUT2D eigenvalue weighted by Crippen LogP contribution is -2.32. The van der Waals surface area contributed by atoms with Gasteiger partial charge < -0.3 is 20.4 Å². The topological polar surface area (TPSA) is 100 Å². The van der Waals surface area contributed by atoms with Crippen molar-refractivity contribution in [2.45, 2.75) is 31.7 Å². The summed E-state index contributed by atoms with van der Waals surface area (Å²) in [6.45, 7) is 0. The van der Waals surface area contributed by atoms with Crippen molar-refractivity contribution in [3.8, 4) is 0 Å². The van der Waals surface area contributed by atoms with Crippen LogP contribution in [0.5, 0.6) is 0 Å². The van der Waals surface area contributed by atoms with Crippen molar-refractivity contribution >= 4 is 29.5 Å². The number of anilines is 1. The Hall–Kier alpha value is -4.13. The van der Waals surface area contributed by atoms with E-state index in [-0.39, 0.29) is 17.6 Å². The normalized spacial score (nSPS) is 14.0. The van der Waals surface area contributed by atoms with Crippen molar-refractivity contribution < 1.29 is 18.8 Å². The number of benzene rings is 2. The van der Waals surface area contributed by atoms with Crippen LogP contribution in [0.3, 0.4) is 0 Å². The second-order valence-corrected chi connectivity index (χ2v) is 7.88. The number of carbonyl (C=O) groups excluding carboxylic acids is 3. The number of nitrogens with one attached hydrogen (secondary N) is 3. The van der Waals surface area contributed by atoms with E-state index in [0.717, 1.165) is 25.7 Å². The van der Waals surface area contributed by atoms with Crippen molar-refractivity contribution in [3.63, 3.8) is 0 Å². The fourth-order valence-corrected chi connectivity index (χ4v) is 3.70. The van der Waals surface area contributed by atoms with Crippen LogP contribution >= 0.6 is 0 Å². The maximum absolute atomic E-state index is 12.9. The predicted molar refractivity (Wildman–Crippen MR) is 125 cm³/mol. The standard InChI is InChI=1S/C26H25N3O4/c30-24(27-20-9-4-5-10-20)19-12-14-21(15-13-19)28-26(32)23(17-22-11-6-16-33-22)29-25(31)18-7-2-1-3-8-18/h1-3,6-8,11-17,20H,4-5,9-10H2,(H,27,30)(H,28,32)(H,29,31). The number of hydrogen-bond donors (Lipinski definition) is 3. The third-order valence-electron chi connectivity index (χ3n) is 5.45. The first-order valence-electron chi connectivity index (χ1n) is 10.9. The van der Waals surface area contributed by atoms with Gasteiger partial charge in [0.05, 0.1) is 6.26 Å². The number of amides is 3. The molecule has 1 aromatic heterocycles. The average Bonchev–Trinajstić information content (AvgIpc) is 3.54. The summed E-state index contributed by atoms with van der Waals surface area (Å²) in [5, 5.41) is 8.45. The molecular weight excluding hydrogens is 418 g/mol. The summed E-state index contributed by atoms with van der Waals surface area (Å²) in [4.78, 5) is 37.9. The van der Waals surface area contributed by atoms with Gasteiger partial charge in [-0.1, -0.05) is 31.0 Å². The van der Waals surface area contributed by atoms with Crippen LogP contribution in [0.4, 0.5) is 5.69 Å². The van der Waals surface area contributed by atoms with Gasteiger partial charge in [0.2, 0.25) is 0 Å². The molecule has 1 saturated carbocycles. The molecule has 0 saturated heterocycles. The zero-order chi connectivity index (χ0) is 23.0. The molecule has 4 rings (SSSR count). The van der Waals surface area contributed by atoms with Gasteiger partial charge in [-0.3, -0.25) is 14.4 Å². The predicted octanol–water partition coefficient (Wildman–Crippen LogP) is 4.36. The highest BCUT2D eigenvalue weighted by Crippen LogP contribution is 2.19. The van der Waals surface area contributed by atoms with Crippen molar-refractivity contribution in [3.05, 3.63) is 95.6 Å². The van der Waals surface area contributed by atoms with Crippen LogP contribution in [0, 0.1) is 0 Å². The van der Waals surface area contributed by atoms with Gasteiger partial charge in [-0.15, -0.1) is 0 Å². The van der Waals surface area contributed by atoms with Crippen LogP contribution in [0.2, 0.25) is 0 Å². The maximum Gasteiger partial charge on any atom is 0.272 e. The Bertz CT molecular complexity index is 1130. The summed E-state index contributed by atoms with van der Waals surface area (Å²) in [6.07, 6.45) is 7.25. The summed E-state index contributed by atoms with van der Waals surface area (Å²) in [5.74, 6) is -0.623. The summed E-state index contributed by atoms with van der Waals surface area (Å²) in [6, 6.07) is 18.9. The molecule has 7 nitrogen and oxygen atoms in total. The first-order chi connectivity index (χ1) is 16.1. The molecule has 3 amide bonds. The van der Waals surface area contributed by atoms with E-state index in [4.69, 9.17) is 4.42 Å². The average molecular weight is 444 g/mol. The molecule has 0 radical (unpaired) electrons. The van der Waals surface area contributed by atoms with Gasteiger partial charge in [-0.2, -0.15) is 0 Å². The smallest absolute Gasteiger partial charge is 0.272 e. The molecule has 3 aromatic rings. The van der Waals surface area contributed by atoms with E-state index < -0.39 is 11.8 Å². The summed E-state index contributed by atoms with van der Waals surface area (Å²) >= 11 is 0. The molecule has 7 heteroatoms. The second kappa shape index (κ2) is 10.5. The summed E-state index contributed by atoms with van der Waals surface area (Å²) < 4.78 is 5.30. The minimum atomic E-state index is -0.515. The molecule has 1 aliphatic carbocycles. The zero-order valence-electron chi connectivity index (χ0n) is 18.0. The Balaban J connectivity index is 1.45. The molecule has 0 bridgehead atoms. The van der Waals surface area contributed by atoms with Gasteiger partial charge in [-0.05, 0) is 61.4 Å². The molecule has 3 N–H and O–H groups in total. The van der Waals surface area contributed by atoms with Gasteiger partial charge in [0.25, 0.3) is 17.7 Å². The molecular formula is C26H25N3O4. The quantitative estimate of drug-likeness (QED) is 0.472. The largest absolute Gasteiger partial charge is 0.465 e. The minimum Gasteiger partial charge on any atom is -0.465 e. The van der Waals surface area contributed by atoms with E-state index in [1.54, 1.807) is 66.7 Å². The summed E-state index contributed by atoms with van der Waals surface area (Å²) in [5.41, 5.74) is 1.48. The van der Waals surface area contributed by atoms with E-state index in [0.29, 0.717) is 22.6 Å². The van der Waals surface area contributed by atoms with Gasteiger partial charge in [-0.25, -0.2) is 0 Å². The second-order valence-electron chi connectivity index (χ2n) is 7.88. The first-order valence-corrected chi connectivity index (χ1v) is 10.9. The van der Waals surface area contributed by atoms with Crippen LogP contribution in [-0.4, -0.2) is 23.8 Å². The Labute approximate surface area is 191 Å². The van der Waals surface area contributed by atoms with Crippen molar-refractivity contribution in [2.75, 3.05) is 5.32 Å². The molecule has 168 valence electrons. The highest BCUT2D eigenvalue weighted by molar-refractivity contribution is 6.10. The van der Waals surface area contributed by atoms with E-state index >= 15 is 0 Å².